The summed E-state index contributed by atoms with van der Waals surface area (Å²) in [4.78, 5) is 4.23. The highest BCUT2D eigenvalue weighted by molar-refractivity contribution is 7.89. The van der Waals surface area contributed by atoms with Gasteiger partial charge in [-0.15, -0.1) is 0 Å². The summed E-state index contributed by atoms with van der Waals surface area (Å²) in [5.41, 5.74) is 1.51. The van der Waals surface area contributed by atoms with Crippen molar-refractivity contribution in [1.82, 2.24) is 9.71 Å². The standard InChI is InChI=1S/C16H18N4O2S/c1-12(2)20-23(21,22)15-4-3-9-18-16(15)19-11-14-7-5-13(10-17)6-8-14/h3-9,12,20H,11H2,1-2H3,(H,18,19). The number of aromatic nitrogens is 1. The number of nitriles is 1. The molecule has 0 amide bonds. The number of nitrogens with zero attached hydrogens (tertiary/aromatic N) is 2. The molecule has 0 fully saturated rings. The molecule has 0 bridgehead atoms. The topological polar surface area (TPSA) is 94.9 Å². The maximum atomic E-state index is 12.3. The van der Waals surface area contributed by atoms with Crippen molar-refractivity contribution in [2.24, 2.45) is 0 Å². The van der Waals surface area contributed by atoms with Gasteiger partial charge >= 0.3 is 0 Å². The first-order chi connectivity index (χ1) is 10.9. The van der Waals surface area contributed by atoms with Crippen molar-refractivity contribution in [1.29, 1.82) is 5.26 Å². The Morgan fingerprint density at radius 1 is 1.22 bits per heavy atom. The van der Waals surface area contributed by atoms with Crippen LogP contribution in [0.5, 0.6) is 0 Å². The lowest BCUT2D eigenvalue weighted by Gasteiger charge is -2.13. The van der Waals surface area contributed by atoms with Gasteiger partial charge in [0.25, 0.3) is 0 Å². The van der Waals surface area contributed by atoms with Gasteiger partial charge in [0.15, 0.2) is 0 Å². The zero-order valence-electron chi connectivity index (χ0n) is 12.9. The molecule has 0 saturated heterocycles. The van der Waals surface area contributed by atoms with Crippen LogP contribution in [0.3, 0.4) is 0 Å². The fourth-order valence-corrected chi connectivity index (χ4v) is 3.38. The third-order valence-corrected chi connectivity index (χ3v) is 4.68. The van der Waals surface area contributed by atoms with Crippen molar-refractivity contribution in [3.63, 3.8) is 0 Å². The highest BCUT2D eigenvalue weighted by Gasteiger charge is 2.20. The summed E-state index contributed by atoms with van der Waals surface area (Å²) >= 11 is 0. The van der Waals surface area contributed by atoms with Crippen molar-refractivity contribution in [2.45, 2.75) is 31.3 Å². The summed E-state index contributed by atoms with van der Waals surface area (Å²) in [5, 5.41) is 11.8. The molecule has 0 aliphatic heterocycles. The van der Waals surface area contributed by atoms with Crippen LogP contribution in [-0.4, -0.2) is 19.4 Å². The van der Waals surface area contributed by atoms with Crippen LogP contribution >= 0.6 is 0 Å². The van der Waals surface area contributed by atoms with Crippen molar-refractivity contribution in [3.8, 4) is 6.07 Å². The molecular weight excluding hydrogens is 312 g/mol. The lowest BCUT2D eigenvalue weighted by Crippen LogP contribution is -2.31. The molecule has 1 aromatic carbocycles. The maximum Gasteiger partial charge on any atom is 0.244 e. The fourth-order valence-electron chi connectivity index (χ4n) is 2.00. The second-order valence-electron chi connectivity index (χ2n) is 5.29. The van der Waals surface area contributed by atoms with Gasteiger partial charge in [-0.3, -0.25) is 0 Å². The van der Waals surface area contributed by atoms with Crippen LogP contribution in [0.4, 0.5) is 5.82 Å². The van der Waals surface area contributed by atoms with E-state index < -0.39 is 10.0 Å². The molecule has 0 saturated carbocycles. The lowest BCUT2D eigenvalue weighted by atomic mass is 10.1. The SMILES string of the molecule is CC(C)NS(=O)(=O)c1cccnc1NCc1ccc(C#N)cc1. The van der Waals surface area contributed by atoms with E-state index in [1.807, 2.05) is 12.1 Å². The van der Waals surface area contributed by atoms with Gasteiger partial charge in [0.1, 0.15) is 10.7 Å². The predicted octanol–water partition coefficient (Wildman–Crippen LogP) is 2.25. The number of hydrogen-bond donors (Lipinski definition) is 2. The van der Waals surface area contributed by atoms with Gasteiger partial charge < -0.3 is 5.32 Å². The van der Waals surface area contributed by atoms with Gasteiger partial charge in [0.2, 0.25) is 10.0 Å². The van der Waals surface area contributed by atoms with Crippen molar-refractivity contribution in [3.05, 3.63) is 53.7 Å². The van der Waals surface area contributed by atoms with E-state index >= 15 is 0 Å². The molecule has 0 spiro atoms. The van der Waals surface area contributed by atoms with E-state index in [0.717, 1.165) is 5.56 Å². The van der Waals surface area contributed by atoms with Crippen LogP contribution in [-0.2, 0) is 16.6 Å². The van der Waals surface area contributed by atoms with Gasteiger partial charge in [-0.25, -0.2) is 18.1 Å². The Labute approximate surface area is 136 Å². The average Bonchev–Trinajstić information content (AvgIpc) is 2.52. The Hall–Kier alpha value is -2.43. The van der Waals surface area contributed by atoms with Gasteiger partial charge in [0, 0.05) is 18.8 Å². The first-order valence-electron chi connectivity index (χ1n) is 7.12. The molecule has 6 nitrogen and oxygen atoms in total. The third-order valence-electron chi connectivity index (χ3n) is 2.99. The molecule has 1 heterocycles. The summed E-state index contributed by atoms with van der Waals surface area (Å²) in [7, 11) is -3.62. The minimum absolute atomic E-state index is 0.113. The third kappa shape index (κ3) is 4.52. The predicted molar refractivity (Wildman–Crippen MR) is 88.2 cm³/mol. The van der Waals surface area contributed by atoms with E-state index in [4.69, 9.17) is 5.26 Å². The first kappa shape index (κ1) is 16.9. The summed E-state index contributed by atoms with van der Waals surface area (Å²) in [6, 6.07) is 12.0. The summed E-state index contributed by atoms with van der Waals surface area (Å²) < 4.78 is 27.2. The number of rotatable bonds is 6. The number of anilines is 1. The first-order valence-corrected chi connectivity index (χ1v) is 8.61. The van der Waals surface area contributed by atoms with Gasteiger partial charge in [-0.05, 0) is 43.7 Å². The van der Waals surface area contributed by atoms with E-state index in [9.17, 15) is 8.42 Å². The van der Waals surface area contributed by atoms with Gasteiger partial charge in [-0.1, -0.05) is 12.1 Å². The molecule has 2 aromatic rings. The minimum Gasteiger partial charge on any atom is -0.365 e. The summed E-state index contributed by atoms with van der Waals surface area (Å²) in [6.45, 7) is 3.93. The van der Waals surface area contributed by atoms with E-state index in [0.29, 0.717) is 17.9 Å². The largest absolute Gasteiger partial charge is 0.365 e. The van der Waals surface area contributed by atoms with Crippen LogP contribution in [0.15, 0.2) is 47.5 Å². The molecular formula is C16H18N4O2S. The van der Waals surface area contributed by atoms with E-state index in [-0.39, 0.29) is 10.9 Å². The van der Waals surface area contributed by atoms with Crippen LogP contribution in [0.25, 0.3) is 0 Å². The normalized spacial score (nSPS) is 11.2. The Balaban J connectivity index is 2.19. The zero-order valence-corrected chi connectivity index (χ0v) is 13.8. The van der Waals surface area contributed by atoms with Crippen molar-refractivity contribution >= 4 is 15.8 Å². The molecule has 120 valence electrons. The Morgan fingerprint density at radius 3 is 2.52 bits per heavy atom. The zero-order chi connectivity index (χ0) is 16.9. The molecule has 0 unspecified atom stereocenters. The molecule has 7 heteroatoms. The number of nitrogens with one attached hydrogen (secondary N) is 2. The van der Waals surface area contributed by atoms with Crippen LogP contribution in [0.1, 0.15) is 25.0 Å². The van der Waals surface area contributed by atoms with E-state index in [1.165, 1.54) is 12.3 Å². The number of benzene rings is 1. The molecule has 2 N–H and O–H groups in total. The number of pyridine rings is 1. The Kier molecular flexibility index (Phi) is 5.32. The van der Waals surface area contributed by atoms with E-state index in [2.05, 4.69) is 21.1 Å². The smallest absolute Gasteiger partial charge is 0.244 e. The highest BCUT2D eigenvalue weighted by atomic mass is 32.2. The lowest BCUT2D eigenvalue weighted by molar-refractivity contribution is 0.570. The average molecular weight is 330 g/mol. The Bertz CT molecular complexity index is 809. The van der Waals surface area contributed by atoms with Gasteiger partial charge in [0.05, 0.1) is 11.6 Å². The number of sulfonamides is 1. The maximum absolute atomic E-state index is 12.3. The van der Waals surface area contributed by atoms with Crippen molar-refractivity contribution < 1.29 is 8.42 Å². The van der Waals surface area contributed by atoms with Crippen molar-refractivity contribution in [2.75, 3.05) is 5.32 Å². The summed E-state index contributed by atoms with van der Waals surface area (Å²) in [6.07, 6.45) is 1.54. The second kappa shape index (κ2) is 7.22. The summed E-state index contributed by atoms with van der Waals surface area (Å²) in [5.74, 6) is 0.296. The second-order valence-corrected chi connectivity index (χ2v) is 6.97. The van der Waals surface area contributed by atoms with Gasteiger partial charge in [-0.2, -0.15) is 5.26 Å². The molecule has 1 aromatic heterocycles. The molecule has 0 aliphatic carbocycles. The Morgan fingerprint density at radius 2 is 1.91 bits per heavy atom. The minimum atomic E-state index is -3.62. The molecule has 0 radical (unpaired) electrons. The fraction of sp³-hybridized carbons (Fsp3) is 0.250. The quantitative estimate of drug-likeness (QED) is 0.847. The molecule has 23 heavy (non-hydrogen) atoms. The van der Waals surface area contributed by atoms with Crippen LogP contribution in [0, 0.1) is 11.3 Å². The molecule has 0 aliphatic rings. The van der Waals surface area contributed by atoms with Crippen LogP contribution in [0.2, 0.25) is 0 Å². The van der Waals surface area contributed by atoms with E-state index in [1.54, 1.807) is 32.0 Å². The molecule has 2 rings (SSSR count). The highest BCUT2D eigenvalue weighted by Crippen LogP contribution is 2.19. The molecule has 0 atom stereocenters. The van der Waals surface area contributed by atoms with Crippen LogP contribution < -0.4 is 10.0 Å². The number of hydrogen-bond acceptors (Lipinski definition) is 5. The monoisotopic (exact) mass is 330 g/mol.